The van der Waals surface area contributed by atoms with Gasteiger partial charge in [-0.2, -0.15) is 0 Å². The fourth-order valence-corrected chi connectivity index (χ4v) is 3.67. The summed E-state index contributed by atoms with van der Waals surface area (Å²) in [5.41, 5.74) is 0.913. The fraction of sp³-hybridized carbons (Fsp3) is 0.588. The minimum absolute atomic E-state index is 0.121. The molecule has 1 amide bonds. The first-order valence-corrected chi connectivity index (χ1v) is 8.40. The minimum Gasteiger partial charge on any atom is -0.384 e. The Morgan fingerprint density at radius 1 is 1.43 bits per heavy atom. The lowest BCUT2D eigenvalue weighted by Crippen LogP contribution is -2.34. The maximum atomic E-state index is 12.5. The number of carbonyl (C=O) groups is 1. The number of amides is 1. The van der Waals surface area contributed by atoms with Crippen LogP contribution in [0.4, 0.5) is 0 Å². The maximum Gasteiger partial charge on any atom is 0.225 e. The van der Waals surface area contributed by atoms with Crippen LogP contribution in [0.3, 0.4) is 0 Å². The zero-order valence-electron chi connectivity index (χ0n) is 12.8. The van der Waals surface area contributed by atoms with E-state index in [-0.39, 0.29) is 18.4 Å². The molecule has 114 valence electrons. The van der Waals surface area contributed by atoms with Crippen LogP contribution in [0.15, 0.2) is 11.4 Å². The molecule has 1 N–H and O–H groups in total. The molecular formula is C17H23NO2S. The van der Waals surface area contributed by atoms with Crippen molar-refractivity contribution in [2.45, 2.75) is 39.2 Å². The molecule has 1 aromatic rings. The van der Waals surface area contributed by atoms with Crippen LogP contribution in [0.1, 0.15) is 43.0 Å². The van der Waals surface area contributed by atoms with E-state index in [9.17, 15) is 4.79 Å². The van der Waals surface area contributed by atoms with Crippen LogP contribution in [0.5, 0.6) is 0 Å². The van der Waals surface area contributed by atoms with Gasteiger partial charge in [0.1, 0.15) is 6.61 Å². The van der Waals surface area contributed by atoms with E-state index in [0.717, 1.165) is 29.2 Å². The van der Waals surface area contributed by atoms with E-state index < -0.39 is 0 Å². The highest BCUT2D eigenvalue weighted by Gasteiger charge is 2.26. The first-order valence-electron chi connectivity index (χ1n) is 7.52. The quantitative estimate of drug-likeness (QED) is 0.872. The molecule has 3 nitrogen and oxygen atoms in total. The van der Waals surface area contributed by atoms with Crippen LogP contribution in [-0.4, -0.2) is 29.6 Å². The van der Waals surface area contributed by atoms with Gasteiger partial charge in [0.05, 0.1) is 6.54 Å². The van der Waals surface area contributed by atoms with Crippen molar-refractivity contribution in [1.29, 1.82) is 0 Å². The molecule has 0 bridgehead atoms. The zero-order chi connectivity index (χ0) is 15.2. The summed E-state index contributed by atoms with van der Waals surface area (Å²) in [6.45, 7) is 2.80. The zero-order valence-corrected chi connectivity index (χ0v) is 13.6. The SMILES string of the molecule is CC1CCC(C(=O)N(C)Cc2cc(C#CCO)cs2)CC1. The second kappa shape index (κ2) is 7.63. The standard InChI is InChI=1S/C17H23NO2S/c1-13-5-7-15(8-6-13)17(20)18(2)11-16-10-14(12-21-16)4-3-9-19/h10,12-13,15,19H,5-9,11H2,1-2H3. The Bertz CT molecular complexity index is 532. The third-order valence-corrected chi connectivity index (χ3v) is 5.02. The third kappa shape index (κ3) is 4.59. The molecule has 0 aromatic carbocycles. The lowest BCUT2D eigenvalue weighted by Gasteiger charge is -2.28. The largest absolute Gasteiger partial charge is 0.384 e. The second-order valence-electron chi connectivity index (χ2n) is 5.91. The van der Waals surface area contributed by atoms with Crippen molar-refractivity contribution in [2.24, 2.45) is 11.8 Å². The average molecular weight is 305 g/mol. The topological polar surface area (TPSA) is 40.5 Å². The number of rotatable bonds is 3. The molecule has 1 saturated carbocycles. The van der Waals surface area contributed by atoms with Crippen molar-refractivity contribution >= 4 is 17.2 Å². The number of carbonyl (C=O) groups excluding carboxylic acids is 1. The summed E-state index contributed by atoms with van der Waals surface area (Å²) in [5.74, 6) is 6.79. The Morgan fingerprint density at radius 3 is 2.81 bits per heavy atom. The summed E-state index contributed by atoms with van der Waals surface area (Å²) >= 11 is 1.61. The first-order chi connectivity index (χ1) is 10.1. The van der Waals surface area contributed by atoms with Crippen LogP contribution in [0.25, 0.3) is 0 Å². The van der Waals surface area contributed by atoms with E-state index in [1.807, 2.05) is 23.4 Å². The summed E-state index contributed by atoms with van der Waals surface area (Å²) in [6.07, 6.45) is 4.40. The molecule has 1 aliphatic rings. The summed E-state index contributed by atoms with van der Waals surface area (Å²) in [5, 5.41) is 10.7. The summed E-state index contributed by atoms with van der Waals surface area (Å²) in [7, 11) is 1.89. The van der Waals surface area contributed by atoms with Crippen LogP contribution >= 0.6 is 11.3 Å². The molecule has 21 heavy (non-hydrogen) atoms. The van der Waals surface area contributed by atoms with E-state index in [0.29, 0.717) is 6.54 Å². The number of hydrogen-bond acceptors (Lipinski definition) is 3. The molecule has 0 radical (unpaired) electrons. The number of nitrogens with zero attached hydrogens (tertiary/aromatic N) is 1. The molecule has 0 unspecified atom stereocenters. The van der Waals surface area contributed by atoms with Gasteiger partial charge in [-0.05, 0) is 37.7 Å². The van der Waals surface area contributed by atoms with Gasteiger partial charge in [0.25, 0.3) is 0 Å². The van der Waals surface area contributed by atoms with Crippen molar-refractivity contribution in [1.82, 2.24) is 4.90 Å². The molecule has 4 heteroatoms. The summed E-state index contributed by atoms with van der Waals surface area (Å²) in [4.78, 5) is 15.4. The molecule has 1 fully saturated rings. The highest BCUT2D eigenvalue weighted by molar-refractivity contribution is 7.10. The molecular weight excluding hydrogens is 282 g/mol. The van der Waals surface area contributed by atoms with Crippen LogP contribution in [-0.2, 0) is 11.3 Å². The predicted molar refractivity (Wildman–Crippen MR) is 85.9 cm³/mol. The minimum atomic E-state index is -0.121. The van der Waals surface area contributed by atoms with E-state index in [4.69, 9.17) is 5.11 Å². The average Bonchev–Trinajstić information content (AvgIpc) is 2.92. The van der Waals surface area contributed by atoms with Gasteiger partial charge in [0, 0.05) is 28.8 Å². The van der Waals surface area contributed by atoms with Gasteiger partial charge >= 0.3 is 0 Å². The van der Waals surface area contributed by atoms with Crippen molar-refractivity contribution in [3.8, 4) is 11.8 Å². The Balaban J connectivity index is 1.89. The Kier molecular flexibility index (Phi) is 5.84. The van der Waals surface area contributed by atoms with Gasteiger partial charge in [0.15, 0.2) is 0 Å². The van der Waals surface area contributed by atoms with Gasteiger partial charge in [-0.15, -0.1) is 11.3 Å². The highest BCUT2D eigenvalue weighted by Crippen LogP contribution is 2.29. The Labute approximate surface area is 131 Å². The number of aliphatic hydroxyl groups excluding tert-OH is 1. The molecule has 1 heterocycles. The Hall–Kier alpha value is -1.31. The fourth-order valence-electron chi connectivity index (χ4n) is 2.80. The molecule has 0 aliphatic heterocycles. The normalized spacial score (nSPS) is 21.5. The van der Waals surface area contributed by atoms with Gasteiger partial charge in [-0.25, -0.2) is 0 Å². The molecule has 0 spiro atoms. The lowest BCUT2D eigenvalue weighted by molar-refractivity contribution is -0.136. The second-order valence-corrected chi connectivity index (χ2v) is 6.91. The monoisotopic (exact) mass is 305 g/mol. The van der Waals surface area contributed by atoms with Gasteiger partial charge < -0.3 is 10.0 Å². The molecule has 0 atom stereocenters. The molecule has 0 saturated heterocycles. The van der Waals surface area contributed by atoms with Crippen LogP contribution in [0.2, 0.25) is 0 Å². The number of hydrogen-bond donors (Lipinski definition) is 1. The first kappa shape index (κ1) is 16.1. The molecule has 2 rings (SSSR count). The summed E-state index contributed by atoms with van der Waals surface area (Å²) < 4.78 is 0. The van der Waals surface area contributed by atoms with Crippen molar-refractivity contribution in [2.75, 3.05) is 13.7 Å². The number of thiophene rings is 1. The highest BCUT2D eigenvalue weighted by atomic mass is 32.1. The van der Waals surface area contributed by atoms with Gasteiger partial charge in [-0.1, -0.05) is 18.8 Å². The Morgan fingerprint density at radius 2 is 2.14 bits per heavy atom. The number of aliphatic hydroxyl groups is 1. The van der Waals surface area contributed by atoms with Crippen molar-refractivity contribution in [3.05, 3.63) is 21.9 Å². The third-order valence-electron chi connectivity index (χ3n) is 4.10. The van der Waals surface area contributed by atoms with E-state index in [2.05, 4.69) is 18.8 Å². The van der Waals surface area contributed by atoms with E-state index >= 15 is 0 Å². The van der Waals surface area contributed by atoms with Crippen molar-refractivity contribution in [3.63, 3.8) is 0 Å². The van der Waals surface area contributed by atoms with Crippen molar-refractivity contribution < 1.29 is 9.90 Å². The van der Waals surface area contributed by atoms with E-state index in [1.54, 1.807) is 11.3 Å². The maximum absolute atomic E-state index is 12.5. The van der Waals surface area contributed by atoms with Crippen LogP contribution in [0, 0.1) is 23.7 Å². The van der Waals surface area contributed by atoms with Crippen LogP contribution < -0.4 is 0 Å². The predicted octanol–water partition coefficient (Wildman–Crippen LogP) is 2.88. The van der Waals surface area contributed by atoms with Gasteiger partial charge in [-0.3, -0.25) is 4.79 Å². The van der Waals surface area contributed by atoms with Gasteiger partial charge in [0.2, 0.25) is 5.91 Å². The molecule has 1 aromatic heterocycles. The lowest BCUT2D eigenvalue weighted by atomic mass is 9.82. The van der Waals surface area contributed by atoms with E-state index in [1.165, 1.54) is 12.8 Å². The molecule has 1 aliphatic carbocycles. The summed E-state index contributed by atoms with van der Waals surface area (Å²) in [6, 6.07) is 2.00. The smallest absolute Gasteiger partial charge is 0.225 e.